The minimum atomic E-state index is -1.29. The van der Waals surface area contributed by atoms with Gasteiger partial charge >= 0.3 is 0 Å². The Labute approximate surface area is 164 Å². The number of alkyl halides is 1. The molecule has 154 valence electrons. The lowest BCUT2D eigenvalue weighted by Gasteiger charge is -2.24. The van der Waals surface area contributed by atoms with Crippen molar-refractivity contribution in [2.45, 2.75) is 32.1 Å². The van der Waals surface area contributed by atoms with E-state index >= 15 is 0 Å². The number of nitrogens with zero attached hydrogens (tertiary/aromatic N) is 3. The Kier molecular flexibility index (Phi) is 5.62. The fourth-order valence-electron chi connectivity index (χ4n) is 3.31. The Balaban J connectivity index is 1.91. The molecule has 29 heavy (non-hydrogen) atoms. The number of nitrogens with one attached hydrogen (secondary N) is 1. The minimum Gasteiger partial charge on any atom is -0.501 e. The second-order valence-corrected chi connectivity index (χ2v) is 6.86. The molecule has 0 spiro atoms. The van der Waals surface area contributed by atoms with E-state index in [1.807, 2.05) is 0 Å². The van der Waals surface area contributed by atoms with Crippen LogP contribution in [0.5, 0.6) is 5.75 Å². The van der Waals surface area contributed by atoms with E-state index in [-0.39, 0.29) is 31.2 Å². The first kappa shape index (κ1) is 20.4. The molecule has 10 heteroatoms. The van der Waals surface area contributed by atoms with Crippen molar-refractivity contribution >= 4 is 11.8 Å². The lowest BCUT2D eigenvalue weighted by atomic mass is 10.1. The zero-order valence-electron chi connectivity index (χ0n) is 15.9. The van der Waals surface area contributed by atoms with Gasteiger partial charge in [-0.25, -0.2) is 13.8 Å². The number of likely N-dealkylation sites (tertiary alicyclic amines) is 1. The summed E-state index contributed by atoms with van der Waals surface area (Å²) in [4.78, 5) is 42.1. The number of carbonyl (C=O) groups excluding carboxylic acids is 2. The lowest BCUT2D eigenvalue weighted by molar-refractivity contribution is -0.130. The van der Waals surface area contributed by atoms with Crippen molar-refractivity contribution in [2.24, 2.45) is 7.05 Å². The van der Waals surface area contributed by atoms with Gasteiger partial charge in [0, 0.05) is 26.9 Å². The smallest absolute Gasteiger partial charge is 0.296 e. The van der Waals surface area contributed by atoms with E-state index in [0.717, 1.165) is 4.57 Å². The summed E-state index contributed by atoms with van der Waals surface area (Å²) in [5, 5.41) is 12.6. The number of rotatable bonds is 4. The largest absolute Gasteiger partial charge is 0.501 e. The summed E-state index contributed by atoms with van der Waals surface area (Å²) in [7, 11) is 1.33. The van der Waals surface area contributed by atoms with Gasteiger partial charge in [-0.05, 0) is 17.7 Å². The second kappa shape index (κ2) is 7.98. The summed E-state index contributed by atoms with van der Waals surface area (Å²) in [5.74, 6) is -2.48. The molecule has 0 bridgehead atoms. The maximum absolute atomic E-state index is 13.9. The molecular formula is C19H20F2N4O4. The average molecular weight is 406 g/mol. The highest BCUT2D eigenvalue weighted by atomic mass is 19.1. The standard InChI is InChI=1S/C19H20F2N4O4/c1-10(26)25-9-13(21)7-14(25)17-23-15(16(27)19(29)24(17)2)18(28)22-8-11-3-5-12(20)6-4-11/h3-6,13-14,27H,7-9H2,1-2H3,(H,22,28)/t13-,14-/m0/s1. The molecule has 1 saturated heterocycles. The number of benzene rings is 1. The maximum Gasteiger partial charge on any atom is 0.296 e. The molecule has 2 N–H and O–H groups in total. The van der Waals surface area contributed by atoms with Gasteiger partial charge in [-0.1, -0.05) is 12.1 Å². The number of amides is 2. The predicted octanol–water partition coefficient (Wildman–Crippen LogP) is 1.19. The van der Waals surface area contributed by atoms with Gasteiger partial charge in [0.15, 0.2) is 5.69 Å². The fraction of sp³-hybridized carbons (Fsp3) is 0.368. The fourth-order valence-corrected chi connectivity index (χ4v) is 3.31. The molecule has 2 atom stereocenters. The van der Waals surface area contributed by atoms with E-state index in [0.29, 0.717) is 5.56 Å². The van der Waals surface area contributed by atoms with Gasteiger partial charge in [0.1, 0.15) is 17.8 Å². The molecule has 2 amide bonds. The van der Waals surface area contributed by atoms with Crippen LogP contribution in [0, 0.1) is 5.82 Å². The summed E-state index contributed by atoms with van der Waals surface area (Å²) in [6.07, 6.45) is -1.35. The van der Waals surface area contributed by atoms with Crippen molar-refractivity contribution in [1.82, 2.24) is 19.8 Å². The highest BCUT2D eigenvalue weighted by Crippen LogP contribution is 2.32. The SMILES string of the molecule is CC(=O)N1C[C@@H](F)C[C@H]1c1nc(C(=O)NCc2ccc(F)cc2)c(O)c(=O)n1C. The van der Waals surface area contributed by atoms with Crippen molar-refractivity contribution < 1.29 is 23.5 Å². The van der Waals surface area contributed by atoms with Gasteiger partial charge in [-0.3, -0.25) is 19.0 Å². The molecular weight excluding hydrogens is 386 g/mol. The molecule has 0 aliphatic carbocycles. The third-order valence-corrected chi connectivity index (χ3v) is 4.84. The monoisotopic (exact) mass is 406 g/mol. The van der Waals surface area contributed by atoms with Gasteiger partial charge < -0.3 is 15.3 Å². The van der Waals surface area contributed by atoms with Crippen molar-refractivity contribution in [2.75, 3.05) is 6.54 Å². The lowest BCUT2D eigenvalue weighted by Crippen LogP contribution is -2.35. The van der Waals surface area contributed by atoms with Crippen LogP contribution in [0.15, 0.2) is 29.1 Å². The normalized spacial score (nSPS) is 18.7. The quantitative estimate of drug-likeness (QED) is 0.794. The van der Waals surface area contributed by atoms with Gasteiger partial charge in [0.05, 0.1) is 12.6 Å². The van der Waals surface area contributed by atoms with Gasteiger partial charge in [-0.15, -0.1) is 0 Å². The summed E-state index contributed by atoms with van der Waals surface area (Å²) in [6, 6.07) is 4.59. The van der Waals surface area contributed by atoms with Crippen LogP contribution in [0.25, 0.3) is 0 Å². The molecule has 1 aliphatic heterocycles. The van der Waals surface area contributed by atoms with Crippen LogP contribution < -0.4 is 10.9 Å². The van der Waals surface area contributed by atoms with E-state index < -0.39 is 40.9 Å². The molecule has 1 fully saturated rings. The third-order valence-electron chi connectivity index (χ3n) is 4.84. The summed E-state index contributed by atoms with van der Waals surface area (Å²) < 4.78 is 27.9. The first-order valence-corrected chi connectivity index (χ1v) is 8.92. The summed E-state index contributed by atoms with van der Waals surface area (Å²) >= 11 is 0. The number of aromatic hydroxyl groups is 1. The molecule has 8 nitrogen and oxygen atoms in total. The molecule has 1 aromatic carbocycles. The molecule has 2 aromatic rings. The second-order valence-electron chi connectivity index (χ2n) is 6.86. The van der Waals surface area contributed by atoms with Crippen LogP contribution in [-0.2, 0) is 18.4 Å². The Hall–Kier alpha value is -3.30. The highest BCUT2D eigenvalue weighted by Gasteiger charge is 2.38. The molecule has 3 rings (SSSR count). The van der Waals surface area contributed by atoms with Crippen LogP contribution in [0.4, 0.5) is 8.78 Å². The number of halogens is 2. The molecule has 2 heterocycles. The van der Waals surface area contributed by atoms with E-state index in [9.17, 15) is 28.3 Å². The van der Waals surface area contributed by atoms with Gasteiger partial charge in [0.25, 0.3) is 11.5 Å². The van der Waals surface area contributed by atoms with E-state index in [4.69, 9.17) is 0 Å². The van der Waals surface area contributed by atoms with Crippen molar-refractivity contribution in [1.29, 1.82) is 0 Å². The Morgan fingerprint density at radius 3 is 2.59 bits per heavy atom. The Morgan fingerprint density at radius 1 is 1.31 bits per heavy atom. The van der Waals surface area contributed by atoms with Crippen LogP contribution in [-0.4, -0.2) is 44.1 Å². The first-order chi connectivity index (χ1) is 13.7. The third kappa shape index (κ3) is 4.10. The molecule has 1 aliphatic rings. The zero-order valence-corrected chi connectivity index (χ0v) is 15.9. The van der Waals surface area contributed by atoms with Crippen LogP contribution in [0.3, 0.4) is 0 Å². The van der Waals surface area contributed by atoms with Crippen LogP contribution in [0.2, 0.25) is 0 Å². The average Bonchev–Trinajstić information content (AvgIpc) is 3.07. The van der Waals surface area contributed by atoms with Crippen molar-refractivity contribution in [3.8, 4) is 5.75 Å². The number of hydrogen-bond acceptors (Lipinski definition) is 5. The highest BCUT2D eigenvalue weighted by molar-refractivity contribution is 5.94. The minimum absolute atomic E-state index is 0.00934. The molecule has 0 unspecified atom stereocenters. The van der Waals surface area contributed by atoms with Crippen molar-refractivity contribution in [3.05, 3.63) is 57.5 Å². The zero-order chi connectivity index (χ0) is 21.3. The Morgan fingerprint density at radius 2 is 1.97 bits per heavy atom. The maximum atomic E-state index is 13.9. The summed E-state index contributed by atoms with van der Waals surface area (Å²) in [5.41, 5.74) is -0.800. The van der Waals surface area contributed by atoms with Crippen LogP contribution in [0.1, 0.15) is 41.3 Å². The van der Waals surface area contributed by atoms with E-state index in [1.165, 1.54) is 43.1 Å². The van der Waals surface area contributed by atoms with E-state index in [2.05, 4.69) is 10.3 Å². The molecule has 0 saturated carbocycles. The van der Waals surface area contributed by atoms with Gasteiger partial charge in [-0.2, -0.15) is 0 Å². The van der Waals surface area contributed by atoms with Crippen LogP contribution >= 0.6 is 0 Å². The number of carbonyl (C=O) groups is 2. The topological polar surface area (TPSA) is 105 Å². The van der Waals surface area contributed by atoms with Crippen molar-refractivity contribution in [3.63, 3.8) is 0 Å². The molecule has 1 aromatic heterocycles. The first-order valence-electron chi connectivity index (χ1n) is 8.92. The summed E-state index contributed by atoms with van der Waals surface area (Å²) in [6.45, 7) is 1.16. The number of hydrogen-bond donors (Lipinski definition) is 2. The Bertz CT molecular complexity index is 1010. The van der Waals surface area contributed by atoms with Gasteiger partial charge in [0.2, 0.25) is 11.7 Å². The number of aromatic nitrogens is 2. The van der Waals surface area contributed by atoms with E-state index in [1.54, 1.807) is 0 Å². The predicted molar refractivity (Wildman–Crippen MR) is 98.4 cm³/mol. The molecule has 0 radical (unpaired) electrons.